The lowest BCUT2D eigenvalue weighted by Crippen LogP contribution is -2.47. The second-order valence-electron chi connectivity index (χ2n) is 12.8. The molecular weight excluding hydrogens is 590 g/mol. The van der Waals surface area contributed by atoms with Crippen LogP contribution in [-0.4, -0.2) is 74.1 Å². The van der Waals surface area contributed by atoms with Gasteiger partial charge in [0.1, 0.15) is 11.6 Å². The Hall–Kier alpha value is -3.14. The Morgan fingerprint density at radius 2 is 1.55 bits per heavy atom. The van der Waals surface area contributed by atoms with Crippen molar-refractivity contribution in [2.45, 2.75) is 38.5 Å². The van der Waals surface area contributed by atoms with Gasteiger partial charge >= 0.3 is 0 Å². The molecule has 234 valence electrons. The van der Waals surface area contributed by atoms with Gasteiger partial charge in [-0.25, -0.2) is 0 Å². The number of para-hydroxylation sites is 1. The zero-order chi connectivity index (χ0) is 30.5. The first kappa shape index (κ1) is 30.9. The predicted molar refractivity (Wildman–Crippen MR) is 185 cm³/mol. The maximum Gasteiger partial charge on any atom is 0.232 e. The molecule has 2 N–H and O–H groups in total. The average Bonchev–Trinajstić information content (AvgIpc) is 3.04. The first-order chi connectivity index (χ1) is 21.4. The van der Waals surface area contributed by atoms with Crippen molar-refractivity contribution in [3.63, 3.8) is 0 Å². The van der Waals surface area contributed by atoms with Crippen LogP contribution in [0.5, 0.6) is 0 Å². The largest absolute Gasteiger partial charge is 0.381 e. The summed E-state index contributed by atoms with van der Waals surface area (Å²) in [5.41, 5.74) is 2.37. The van der Waals surface area contributed by atoms with Gasteiger partial charge in [0.25, 0.3) is 0 Å². The van der Waals surface area contributed by atoms with E-state index in [1.54, 1.807) is 0 Å². The molecule has 0 bridgehead atoms. The monoisotopic (exact) mass is 633 g/mol. The molecule has 3 aliphatic heterocycles. The van der Waals surface area contributed by atoms with Gasteiger partial charge in [-0.05, 0) is 73.1 Å². The molecule has 2 atom stereocenters. The summed E-state index contributed by atoms with van der Waals surface area (Å²) in [7, 11) is 0. The Kier molecular flexibility index (Phi) is 9.74. The molecule has 0 amide bonds. The van der Waals surface area contributed by atoms with Gasteiger partial charge in [-0.15, -0.1) is 0 Å². The fraction of sp³-hybridized carbons (Fsp3) is 0.500. The van der Waals surface area contributed by atoms with Crippen molar-refractivity contribution in [2.75, 3.05) is 79.0 Å². The molecule has 2 aromatic carbocycles. The van der Waals surface area contributed by atoms with Crippen LogP contribution >= 0.6 is 23.8 Å². The van der Waals surface area contributed by atoms with Gasteiger partial charge < -0.3 is 30.1 Å². The quantitative estimate of drug-likeness (QED) is 0.306. The van der Waals surface area contributed by atoms with Crippen molar-refractivity contribution >= 4 is 52.2 Å². The maximum atomic E-state index is 6.39. The zero-order valence-corrected chi connectivity index (χ0v) is 27.4. The minimum absolute atomic E-state index is 0.110. The van der Waals surface area contributed by atoms with Crippen LogP contribution in [0.3, 0.4) is 0 Å². The minimum atomic E-state index is -0.110. The fourth-order valence-corrected chi connectivity index (χ4v) is 7.38. The Morgan fingerprint density at radius 1 is 0.886 bits per heavy atom. The molecule has 4 heterocycles. The number of rotatable bonds is 7. The van der Waals surface area contributed by atoms with Crippen LogP contribution in [0.25, 0.3) is 0 Å². The Bertz CT molecular complexity index is 1400. The number of halogens is 1. The normalized spacial score (nSPS) is 22.0. The molecule has 0 aliphatic carbocycles. The van der Waals surface area contributed by atoms with Gasteiger partial charge in [0.15, 0.2) is 5.11 Å². The summed E-state index contributed by atoms with van der Waals surface area (Å²) in [4.78, 5) is 17.2. The third-order valence-electron chi connectivity index (χ3n) is 9.32. The number of nitrogens with one attached hydrogen (secondary N) is 2. The van der Waals surface area contributed by atoms with Crippen LogP contribution in [0.4, 0.5) is 23.3 Å². The van der Waals surface area contributed by atoms with Crippen molar-refractivity contribution in [3.8, 4) is 0 Å². The smallest absolute Gasteiger partial charge is 0.232 e. The van der Waals surface area contributed by atoms with Crippen molar-refractivity contribution < 1.29 is 4.74 Å². The molecule has 0 saturated carbocycles. The number of aromatic nitrogens is 2. The number of benzene rings is 2. The molecule has 3 fully saturated rings. The highest BCUT2D eigenvalue weighted by molar-refractivity contribution is 7.80. The lowest BCUT2D eigenvalue weighted by atomic mass is 9.74. The first-order valence-corrected chi connectivity index (χ1v) is 16.7. The molecule has 8 nitrogen and oxygen atoms in total. The topological polar surface area (TPSA) is 68.8 Å². The van der Waals surface area contributed by atoms with E-state index in [0.29, 0.717) is 42.7 Å². The fourth-order valence-electron chi connectivity index (χ4n) is 7.03. The molecule has 1 aromatic heterocycles. The van der Waals surface area contributed by atoms with E-state index in [-0.39, 0.29) is 5.41 Å². The summed E-state index contributed by atoms with van der Waals surface area (Å²) < 4.78 is 5.73. The SMILES string of the molecule is CC1CC(C)CN(c2cc(N3CCN(c4ccccc4)CC3)nc(NC(=S)NCC3(c4cccc(Cl)c4)CCOCC3)n2)C1. The molecule has 0 spiro atoms. The average molecular weight is 634 g/mol. The van der Waals surface area contributed by atoms with Gasteiger partial charge in [0.05, 0.1) is 0 Å². The third-order valence-corrected chi connectivity index (χ3v) is 9.80. The highest BCUT2D eigenvalue weighted by Crippen LogP contribution is 2.35. The van der Waals surface area contributed by atoms with E-state index in [9.17, 15) is 0 Å². The number of nitrogens with zero attached hydrogens (tertiary/aromatic N) is 5. The van der Waals surface area contributed by atoms with Crippen LogP contribution < -0.4 is 25.3 Å². The molecule has 2 unspecified atom stereocenters. The van der Waals surface area contributed by atoms with Gasteiger partial charge in [0, 0.05) is 81.2 Å². The molecule has 44 heavy (non-hydrogen) atoms. The highest BCUT2D eigenvalue weighted by atomic mass is 35.5. The number of thiocarbonyl (C=S) groups is 1. The van der Waals surface area contributed by atoms with E-state index >= 15 is 0 Å². The zero-order valence-electron chi connectivity index (χ0n) is 25.8. The predicted octanol–water partition coefficient (Wildman–Crippen LogP) is 5.97. The van der Waals surface area contributed by atoms with E-state index in [1.807, 2.05) is 12.1 Å². The van der Waals surface area contributed by atoms with Gasteiger partial charge in [-0.2, -0.15) is 9.97 Å². The number of piperidine rings is 1. The van der Waals surface area contributed by atoms with Crippen LogP contribution in [0.15, 0.2) is 60.7 Å². The second-order valence-corrected chi connectivity index (χ2v) is 13.6. The van der Waals surface area contributed by atoms with Crippen molar-refractivity contribution in [1.29, 1.82) is 0 Å². The maximum absolute atomic E-state index is 6.39. The molecule has 0 radical (unpaired) electrons. The number of hydrogen-bond acceptors (Lipinski definition) is 7. The number of anilines is 4. The Morgan fingerprint density at radius 3 is 2.23 bits per heavy atom. The molecular formula is C34H44ClN7OS. The van der Waals surface area contributed by atoms with Gasteiger partial charge in [-0.3, -0.25) is 0 Å². The second kappa shape index (κ2) is 13.9. The number of hydrogen-bond donors (Lipinski definition) is 2. The van der Waals surface area contributed by atoms with E-state index < -0.39 is 0 Å². The lowest BCUT2D eigenvalue weighted by Gasteiger charge is -2.39. The van der Waals surface area contributed by atoms with Crippen LogP contribution in [-0.2, 0) is 10.2 Å². The lowest BCUT2D eigenvalue weighted by molar-refractivity contribution is 0.0515. The summed E-state index contributed by atoms with van der Waals surface area (Å²) in [6.45, 7) is 12.4. The van der Waals surface area contributed by atoms with Crippen LogP contribution in [0.1, 0.15) is 38.7 Å². The first-order valence-electron chi connectivity index (χ1n) is 15.9. The third kappa shape index (κ3) is 7.38. The summed E-state index contributed by atoms with van der Waals surface area (Å²) in [5.74, 6) is 3.68. The Balaban J connectivity index is 1.19. The van der Waals surface area contributed by atoms with Crippen molar-refractivity contribution in [2.24, 2.45) is 11.8 Å². The number of ether oxygens (including phenoxy) is 1. The standard InChI is InChI=1S/C34H44ClN7OS/c1-25-19-26(2)23-42(22-25)31-21-30(41-15-13-40(14-16-41)29-9-4-3-5-10-29)37-32(38-31)39-33(44)36-24-34(11-17-43-18-12-34)27-7-6-8-28(35)20-27/h3-10,20-21,25-26H,11-19,22-24H2,1-2H3,(H2,36,37,38,39,44). The summed E-state index contributed by atoms with van der Waals surface area (Å²) in [5, 5.41) is 8.13. The molecule has 3 saturated heterocycles. The minimum Gasteiger partial charge on any atom is -0.381 e. The molecule has 3 aromatic rings. The van der Waals surface area contributed by atoms with E-state index in [1.165, 1.54) is 17.7 Å². The van der Waals surface area contributed by atoms with Crippen LogP contribution in [0, 0.1) is 11.8 Å². The number of piperazine rings is 1. The molecule has 6 rings (SSSR count). The van der Waals surface area contributed by atoms with E-state index in [2.05, 4.69) is 87.7 Å². The summed E-state index contributed by atoms with van der Waals surface area (Å²) >= 11 is 12.2. The van der Waals surface area contributed by atoms with E-state index in [4.69, 9.17) is 38.5 Å². The van der Waals surface area contributed by atoms with Gasteiger partial charge in [-0.1, -0.05) is 55.8 Å². The highest BCUT2D eigenvalue weighted by Gasteiger charge is 2.35. The Labute approximate surface area is 272 Å². The molecule has 3 aliphatic rings. The van der Waals surface area contributed by atoms with E-state index in [0.717, 1.165) is 68.8 Å². The summed E-state index contributed by atoms with van der Waals surface area (Å²) in [6.07, 6.45) is 3.05. The molecule has 10 heteroatoms. The summed E-state index contributed by atoms with van der Waals surface area (Å²) in [6, 6.07) is 21.0. The van der Waals surface area contributed by atoms with Crippen molar-refractivity contribution in [3.05, 3.63) is 71.2 Å². The van der Waals surface area contributed by atoms with Crippen molar-refractivity contribution in [1.82, 2.24) is 15.3 Å². The van der Waals surface area contributed by atoms with Crippen LogP contribution in [0.2, 0.25) is 5.02 Å². The van der Waals surface area contributed by atoms with Gasteiger partial charge in [0.2, 0.25) is 5.95 Å².